The predicted molar refractivity (Wildman–Crippen MR) is 109 cm³/mol. The minimum atomic E-state index is -1.49. The van der Waals surface area contributed by atoms with Crippen LogP contribution in [0.15, 0.2) is 46.9 Å². The minimum absolute atomic E-state index is 0.441. The van der Waals surface area contributed by atoms with E-state index in [4.69, 9.17) is 13.9 Å². The van der Waals surface area contributed by atoms with Gasteiger partial charge in [0.2, 0.25) is 18.1 Å². The summed E-state index contributed by atoms with van der Waals surface area (Å²) in [7, 11) is 0. The molecule has 2 aromatic carbocycles. The van der Waals surface area contributed by atoms with Crippen molar-refractivity contribution >= 4 is 0 Å². The molecule has 9 heteroatoms. The molecule has 31 heavy (non-hydrogen) atoms. The van der Waals surface area contributed by atoms with Crippen LogP contribution in [0.25, 0.3) is 22.6 Å². The quantitative estimate of drug-likeness (QED) is 0.472. The second kappa shape index (κ2) is 8.74. The maximum absolute atomic E-state index is 10.2. The fraction of sp³-hybridized carbons (Fsp3) is 0.364. The summed E-state index contributed by atoms with van der Waals surface area (Å²) in [5.41, 5.74) is 3.44. The van der Waals surface area contributed by atoms with Gasteiger partial charge in [0, 0.05) is 12.5 Å². The molecule has 0 saturated carbocycles. The standard InChI is InChI=1S/C22H24N2O7/c1-11-8-14(13-4-3-5-15(9-13)21-24-23-12(2)29-21)6-7-16(11)30-22-20(28)19(27)18(26)17(10-25)31-22/h3-9,17-20,22,25-28H,10H2,1-2H3. The molecule has 0 spiro atoms. The van der Waals surface area contributed by atoms with Crippen LogP contribution in [-0.4, -0.2) is 67.9 Å². The summed E-state index contributed by atoms with van der Waals surface area (Å²) in [6.07, 6.45) is -6.65. The predicted octanol–water partition coefficient (Wildman–Crippen LogP) is 1.20. The number of hydrogen-bond donors (Lipinski definition) is 4. The molecule has 4 N–H and O–H groups in total. The maximum Gasteiger partial charge on any atom is 0.247 e. The Balaban J connectivity index is 1.55. The van der Waals surface area contributed by atoms with Crippen molar-refractivity contribution in [3.8, 4) is 28.3 Å². The van der Waals surface area contributed by atoms with Crippen molar-refractivity contribution in [2.45, 2.75) is 44.6 Å². The number of rotatable bonds is 5. The Kier molecular flexibility index (Phi) is 6.03. The fourth-order valence-electron chi connectivity index (χ4n) is 3.50. The van der Waals surface area contributed by atoms with E-state index in [0.717, 1.165) is 22.3 Å². The molecule has 1 aliphatic heterocycles. The number of aliphatic hydroxyl groups excluding tert-OH is 4. The molecule has 0 amide bonds. The van der Waals surface area contributed by atoms with Gasteiger partial charge in [0.25, 0.3) is 0 Å². The Morgan fingerprint density at radius 2 is 1.65 bits per heavy atom. The molecule has 4 rings (SSSR count). The van der Waals surface area contributed by atoms with Gasteiger partial charge < -0.3 is 34.3 Å². The third kappa shape index (κ3) is 4.32. The number of nitrogens with zero attached hydrogens (tertiary/aromatic N) is 2. The topological polar surface area (TPSA) is 138 Å². The molecule has 5 atom stereocenters. The van der Waals surface area contributed by atoms with Gasteiger partial charge in [0.05, 0.1) is 6.61 Å². The van der Waals surface area contributed by atoms with Crippen LogP contribution < -0.4 is 4.74 Å². The Morgan fingerprint density at radius 1 is 0.903 bits per heavy atom. The van der Waals surface area contributed by atoms with Gasteiger partial charge in [-0.15, -0.1) is 10.2 Å². The van der Waals surface area contributed by atoms with Crippen LogP contribution in [0.1, 0.15) is 11.5 Å². The van der Waals surface area contributed by atoms with Crippen molar-refractivity contribution in [2.24, 2.45) is 0 Å². The van der Waals surface area contributed by atoms with Gasteiger partial charge in [0.1, 0.15) is 30.2 Å². The molecule has 0 bridgehead atoms. The lowest BCUT2D eigenvalue weighted by Gasteiger charge is -2.39. The van der Waals surface area contributed by atoms with E-state index in [9.17, 15) is 20.4 Å². The van der Waals surface area contributed by atoms with Crippen LogP contribution in [0, 0.1) is 13.8 Å². The lowest BCUT2D eigenvalue weighted by molar-refractivity contribution is -0.277. The fourth-order valence-corrected chi connectivity index (χ4v) is 3.50. The first kappa shape index (κ1) is 21.4. The number of aromatic nitrogens is 2. The molecule has 1 saturated heterocycles. The number of aryl methyl sites for hydroxylation is 2. The lowest BCUT2D eigenvalue weighted by atomic mass is 9.99. The van der Waals surface area contributed by atoms with Crippen molar-refractivity contribution in [1.29, 1.82) is 0 Å². The number of hydrogen-bond acceptors (Lipinski definition) is 9. The van der Waals surface area contributed by atoms with Crippen LogP contribution >= 0.6 is 0 Å². The van der Waals surface area contributed by atoms with Crippen molar-refractivity contribution < 1.29 is 34.3 Å². The molecular formula is C22H24N2O7. The summed E-state index contributed by atoms with van der Waals surface area (Å²) in [6.45, 7) is 3.06. The average Bonchev–Trinajstić information content (AvgIpc) is 3.21. The van der Waals surface area contributed by atoms with E-state index in [2.05, 4.69) is 10.2 Å². The Morgan fingerprint density at radius 3 is 2.32 bits per heavy atom. The molecule has 9 nitrogen and oxygen atoms in total. The van der Waals surface area contributed by atoms with Crippen LogP contribution in [0.3, 0.4) is 0 Å². The van der Waals surface area contributed by atoms with Crippen LogP contribution in [-0.2, 0) is 4.74 Å². The van der Waals surface area contributed by atoms with E-state index in [1.54, 1.807) is 13.0 Å². The van der Waals surface area contributed by atoms with Crippen LogP contribution in [0.5, 0.6) is 5.75 Å². The zero-order chi connectivity index (χ0) is 22.1. The number of aliphatic hydroxyl groups is 4. The van der Waals surface area contributed by atoms with Crippen molar-refractivity contribution in [3.05, 3.63) is 53.9 Å². The average molecular weight is 428 g/mol. The monoisotopic (exact) mass is 428 g/mol. The molecule has 0 radical (unpaired) electrons. The number of ether oxygens (including phenoxy) is 2. The highest BCUT2D eigenvalue weighted by Gasteiger charge is 2.44. The molecule has 5 unspecified atom stereocenters. The summed E-state index contributed by atoms with van der Waals surface area (Å²) in [4.78, 5) is 0. The molecule has 164 valence electrons. The third-order valence-corrected chi connectivity index (χ3v) is 5.24. The Hall–Kier alpha value is -2.82. The normalized spacial score (nSPS) is 26.1. The molecule has 1 aliphatic rings. The van der Waals surface area contributed by atoms with E-state index in [1.807, 2.05) is 43.3 Å². The minimum Gasteiger partial charge on any atom is -0.462 e. The molecular weight excluding hydrogens is 404 g/mol. The first-order valence-electron chi connectivity index (χ1n) is 9.86. The van der Waals surface area contributed by atoms with Gasteiger partial charge in [-0.05, 0) is 47.9 Å². The molecule has 0 aliphatic carbocycles. The highest BCUT2D eigenvalue weighted by atomic mass is 16.7. The van der Waals surface area contributed by atoms with Crippen molar-refractivity contribution in [3.63, 3.8) is 0 Å². The van der Waals surface area contributed by atoms with Crippen molar-refractivity contribution in [1.82, 2.24) is 10.2 Å². The summed E-state index contributed by atoms with van der Waals surface area (Å²) < 4.78 is 16.7. The van der Waals surface area contributed by atoms with Gasteiger partial charge in [-0.1, -0.05) is 18.2 Å². The smallest absolute Gasteiger partial charge is 0.247 e. The zero-order valence-electron chi connectivity index (χ0n) is 17.0. The Labute approximate surface area is 178 Å². The summed E-state index contributed by atoms with van der Waals surface area (Å²) in [5, 5.41) is 47.3. The summed E-state index contributed by atoms with van der Waals surface area (Å²) in [5.74, 6) is 1.38. The highest BCUT2D eigenvalue weighted by Crippen LogP contribution is 2.31. The van der Waals surface area contributed by atoms with E-state index < -0.39 is 37.3 Å². The first-order valence-corrected chi connectivity index (χ1v) is 9.86. The van der Waals surface area contributed by atoms with Gasteiger partial charge in [-0.3, -0.25) is 0 Å². The second-order valence-corrected chi connectivity index (χ2v) is 7.50. The molecule has 2 heterocycles. The molecule has 3 aromatic rings. The van der Waals surface area contributed by atoms with Crippen LogP contribution in [0.4, 0.5) is 0 Å². The van der Waals surface area contributed by atoms with E-state index in [0.29, 0.717) is 17.5 Å². The maximum atomic E-state index is 10.2. The highest BCUT2D eigenvalue weighted by molar-refractivity contribution is 5.70. The summed E-state index contributed by atoms with van der Waals surface area (Å²) >= 11 is 0. The third-order valence-electron chi connectivity index (χ3n) is 5.24. The van der Waals surface area contributed by atoms with Gasteiger partial charge >= 0.3 is 0 Å². The first-order chi connectivity index (χ1) is 14.9. The largest absolute Gasteiger partial charge is 0.462 e. The molecule has 1 aromatic heterocycles. The van der Waals surface area contributed by atoms with Crippen LogP contribution in [0.2, 0.25) is 0 Å². The van der Waals surface area contributed by atoms with Gasteiger partial charge in [-0.25, -0.2) is 0 Å². The molecule has 1 fully saturated rings. The van der Waals surface area contributed by atoms with E-state index in [1.165, 1.54) is 0 Å². The van der Waals surface area contributed by atoms with Crippen molar-refractivity contribution in [2.75, 3.05) is 6.61 Å². The zero-order valence-corrected chi connectivity index (χ0v) is 17.0. The summed E-state index contributed by atoms with van der Waals surface area (Å²) in [6, 6.07) is 13.2. The van der Waals surface area contributed by atoms with Gasteiger partial charge in [0.15, 0.2) is 0 Å². The SMILES string of the molecule is Cc1nnc(-c2cccc(-c3ccc(OC4OC(CO)C(O)C(O)C4O)c(C)c3)c2)o1. The Bertz CT molecular complexity index is 1050. The lowest BCUT2D eigenvalue weighted by Crippen LogP contribution is -2.60. The van der Waals surface area contributed by atoms with E-state index in [-0.39, 0.29) is 0 Å². The van der Waals surface area contributed by atoms with Gasteiger partial charge in [-0.2, -0.15) is 0 Å². The second-order valence-electron chi connectivity index (χ2n) is 7.50. The van der Waals surface area contributed by atoms with E-state index >= 15 is 0 Å². The number of benzene rings is 2.